The number of esters is 1. The van der Waals surface area contributed by atoms with Crippen molar-refractivity contribution >= 4 is 35.6 Å². The second-order valence-electron chi connectivity index (χ2n) is 5.76. The van der Waals surface area contributed by atoms with Crippen molar-refractivity contribution in [3.8, 4) is 11.5 Å². The highest BCUT2D eigenvalue weighted by Gasteiger charge is 2.26. The maximum atomic E-state index is 12.0. The van der Waals surface area contributed by atoms with E-state index in [1.165, 1.54) is 13.2 Å². The SMILES string of the molecule is CCOc1cc(/C=C/C(=O)O[C@@H](C(=O)NC(N)=O)C(C)C)cc(Cl)c1OC. The van der Waals surface area contributed by atoms with Gasteiger partial charge in [0, 0.05) is 6.08 Å². The molecule has 0 saturated carbocycles. The van der Waals surface area contributed by atoms with Gasteiger partial charge in [0.25, 0.3) is 5.91 Å². The van der Waals surface area contributed by atoms with E-state index in [0.717, 1.165) is 6.08 Å². The summed E-state index contributed by atoms with van der Waals surface area (Å²) in [7, 11) is 1.47. The van der Waals surface area contributed by atoms with E-state index in [0.29, 0.717) is 28.7 Å². The Morgan fingerprint density at radius 3 is 2.48 bits per heavy atom. The lowest BCUT2D eigenvalue weighted by molar-refractivity contribution is -0.153. The first-order valence-corrected chi connectivity index (χ1v) is 8.56. The molecule has 0 aliphatic rings. The normalized spacial score (nSPS) is 11.9. The van der Waals surface area contributed by atoms with Crippen LogP contribution >= 0.6 is 11.6 Å². The number of primary amides is 1. The minimum atomic E-state index is -1.16. The van der Waals surface area contributed by atoms with Gasteiger partial charge in [-0.1, -0.05) is 25.4 Å². The topological polar surface area (TPSA) is 117 Å². The Morgan fingerprint density at radius 1 is 1.30 bits per heavy atom. The third-order valence-corrected chi connectivity index (χ3v) is 3.58. The molecule has 9 heteroatoms. The van der Waals surface area contributed by atoms with Crippen LogP contribution in [0.15, 0.2) is 18.2 Å². The van der Waals surface area contributed by atoms with Gasteiger partial charge in [0.2, 0.25) is 0 Å². The van der Waals surface area contributed by atoms with Gasteiger partial charge >= 0.3 is 12.0 Å². The molecule has 1 atom stereocenters. The molecule has 0 aromatic heterocycles. The summed E-state index contributed by atoms with van der Waals surface area (Å²) in [5.41, 5.74) is 5.49. The monoisotopic (exact) mass is 398 g/mol. The van der Waals surface area contributed by atoms with Crippen LogP contribution in [-0.4, -0.2) is 37.7 Å². The minimum absolute atomic E-state index is 0.317. The van der Waals surface area contributed by atoms with Crippen LogP contribution in [0.2, 0.25) is 5.02 Å². The second kappa shape index (κ2) is 10.4. The highest BCUT2D eigenvalue weighted by Crippen LogP contribution is 2.36. The number of nitrogens with one attached hydrogen (secondary N) is 1. The number of methoxy groups -OCH3 is 1. The van der Waals surface area contributed by atoms with E-state index in [2.05, 4.69) is 0 Å². The lowest BCUT2D eigenvalue weighted by Gasteiger charge is -2.18. The zero-order valence-electron chi connectivity index (χ0n) is 15.6. The minimum Gasteiger partial charge on any atom is -0.491 e. The summed E-state index contributed by atoms with van der Waals surface area (Å²) in [6, 6.07) is 2.22. The molecule has 3 N–H and O–H groups in total. The van der Waals surface area contributed by atoms with Crippen molar-refractivity contribution in [2.75, 3.05) is 13.7 Å². The quantitative estimate of drug-likeness (QED) is 0.513. The largest absolute Gasteiger partial charge is 0.491 e. The van der Waals surface area contributed by atoms with Gasteiger partial charge < -0.3 is 19.9 Å². The fraction of sp³-hybridized carbons (Fsp3) is 0.389. The first-order valence-electron chi connectivity index (χ1n) is 8.18. The zero-order valence-corrected chi connectivity index (χ0v) is 16.3. The van der Waals surface area contributed by atoms with E-state index in [1.54, 1.807) is 26.0 Å². The number of rotatable bonds is 8. The Morgan fingerprint density at radius 2 is 1.96 bits per heavy atom. The van der Waals surface area contributed by atoms with Gasteiger partial charge in [-0.05, 0) is 36.6 Å². The van der Waals surface area contributed by atoms with Crippen molar-refractivity contribution in [1.82, 2.24) is 5.32 Å². The lowest BCUT2D eigenvalue weighted by atomic mass is 10.1. The Kier molecular flexibility index (Phi) is 8.61. The molecular formula is C18H23ClN2O6. The van der Waals surface area contributed by atoms with Gasteiger partial charge in [-0.15, -0.1) is 0 Å². The van der Waals surface area contributed by atoms with E-state index in [1.807, 2.05) is 12.2 Å². The summed E-state index contributed by atoms with van der Waals surface area (Å²) < 4.78 is 15.8. The van der Waals surface area contributed by atoms with E-state index in [-0.39, 0.29) is 5.92 Å². The molecule has 0 fully saturated rings. The Balaban J connectivity index is 2.93. The van der Waals surface area contributed by atoms with Crippen LogP contribution in [0, 0.1) is 5.92 Å². The third-order valence-electron chi connectivity index (χ3n) is 3.30. The van der Waals surface area contributed by atoms with Gasteiger partial charge in [-0.25, -0.2) is 9.59 Å². The van der Waals surface area contributed by atoms with Crippen molar-refractivity contribution in [3.05, 3.63) is 28.8 Å². The summed E-state index contributed by atoms with van der Waals surface area (Å²) in [6.07, 6.45) is 1.44. The van der Waals surface area contributed by atoms with Gasteiger partial charge in [-0.2, -0.15) is 0 Å². The van der Waals surface area contributed by atoms with Crippen molar-refractivity contribution in [2.24, 2.45) is 11.7 Å². The first-order chi connectivity index (χ1) is 12.7. The highest BCUT2D eigenvalue weighted by molar-refractivity contribution is 6.32. The molecule has 148 valence electrons. The number of imide groups is 1. The number of carbonyl (C=O) groups is 3. The fourth-order valence-corrected chi connectivity index (χ4v) is 2.46. The van der Waals surface area contributed by atoms with Crippen LogP contribution < -0.4 is 20.5 Å². The molecule has 0 saturated heterocycles. The van der Waals surface area contributed by atoms with Crippen LogP contribution in [0.5, 0.6) is 11.5 Å². The molecule has 0 bridgehead atoms. The second-order valence-corrected chi connectivity index (χ2v) is 6.16. The van der Waals surface area contributed by atoms with Crippen molar-refractivity contribution in [1.29, 1.82) is 0 Å². The predicted octanol–water partition coefficient (Wildman–Crippen LogP) is 2.52. The maximum absolute atomic E-state index is 12.0. The van der Waals surface area contributed by atoms with Crippen LogP contribution in [-0.2, 0) is 14.3 Å². The standard InChI is InChI=1S/C18H23ClN2O6/c1-5-26-13-9-11(8-12(19)16(13)25-4)6-7-14(22)27-15(10(2)3)17(23)21-18(20)24/h6-10,15H,5H2,1-4H3,(H3,20,21,23,24)/b7-6+/t15-/m1/s1. The smallest absolute Gasteiger partial charge is 0.331 e. The van der Waals surface area contributed by atoms with Crippen molar-refractivity contribution in [2.45, 2.75) is 26.9 Å². The Bertz CT molecular complexity index is 733. The van der Waals surface area contributed by atoms with Crippen LogP contribution in [0.3, 0.4) is 0 Å². The molecule has 0 aliphatic carbocycles. The number of ether oxygens (including phenoxy) is 3. The molecule has 1 aromatic rings. The van der Waals surface area contributed by atoms with Gasteiger partial charge in [0.15, 0.2) is 17.6 Å². The van der Waals surface area contributed by atoms with E-state index >= 15 is 0 Å². The van der Waals surface area contributed by atoms with Gasteiger partial charge in [-0.3, -0.25) is 10.1 Å². The van der Waals surface area contributed by atoms with Crippen molar-refractivity contribution < 1.29 is 28.6 Å². The summed E-state index contributed by atoms with van der Waals surface area (Å²) in [5.74, 6) is -1.09. The van der Waals surface area contributed by atoms with E-state index in [4.69, 9.17) is 31.5 Å². The molecule has 0 unspecified atom stereocenters. The van der Waals surface area contributed by atoms with Crippen LogP contribution in [0.4, 0.5) is 4.79 Å². The lowest BCUT2D eigenvalue weighted by Crippen LogP contribution is -2.45. The molecule has 3 amide bonds. The predicted molar refractivity (Wildman–Crippen MR) is 101 cm³/mol. The average Bonchev–Trinajstić information content (AvgIpc) is 2.57. The number of nitrogens with two attached hydrogens (primary N) is 1. The molecule has 1 rings (SSSR count). The van der Waals surface area contributed by atoms with E-state index in [9.17, 15) is 14.4 Å². The summed E-state index contributed by atoms with van der Waals surface area (Å²) in [5, 5.41) is 2.21. The highest BCUT2D eigenvalue weighted by atomic mass is 35.5. The maximum Gasteiger partial charge on any atom is 0.331 e. The first kappa shape index (κ1) is 22.3. The number of amides is 3. The summed E-state index contributed by atoms with van der Waals surface area (Å²) >= 11 is 6.15. The molecule has 0 spiro atoms. The average molecular weight is 399 g/mol. The van der Waals surface area contributed by atoms with E-state index < -0.39 is 24.0 Å². The van der Waals surface area contributed by atoms with Crippen molar-refractivity contribution in [3.63, 3.8) is 0 Å². The number of benzene rings is 1. The molecule has 8 nitrogen and oxygen atoms in total. The Labute approximate surface area is 162 Å². The van der Waals surface area contributed by atoms with Crippen LogP contribution in [0.25, 0.3) is 6.08 Å². The fourth-order valence-electron chi connectivity index (χ4n) is 2.16. The number of carbonyl (C=O) groups excluding carboxylic acids is 3. The molecule has 0 heterocycles. The molecular weight excluding hydrogens is 376 g/mol. The number of hydrogen-bond acceptors (Lipinski definition) is 6. The van der Waals surface area contributed by atoms with Crippen LogP contribution in [0.1, 0.15) is 26.3 Å². The number of urea groups is 1. The zero-order chi connectivity index (χ0) is 20.6. The summed E-state index contributed by atoms with van der Waals surface area (Å²) in [6.45, 7) is 5.56. The molecule has 0 radical (unpaired) electrons. The van der Waals surface area contributed by atoms with Gasteiger partial charge in [0.05, 0.1) is 18.7 Å². The third kappa shape index (κ3) is 6.82. The molecule has 27 heavy (non-hydrogen) atoms. The van der Waals surface area contributed by atoms with Gasteiger partial charge in [0.1, 0.15) is 0 Å². The summed E-state index contributed by atoms with van der Waals surface area (Å²) in [4.78, 5) is 34.7. The Hall–Kier alpha value is -2.74. The number of hydrogen-bond donors (Lipinski definition) is 2. The molecule has 1 aromatic carbocycles. The molecule has 0 aliphatic heterocycles. The number of halogens is 1.